The maximum Gasteiger partial charge on any atom is 0.120 e. The van der Waals surface area contributed by atoms with Crippen LogP contribution >= 0.6 is 27.5 Å². The van der Waals surface area contributed by atoms with Crippen LogP contribution in [0.25, 0.3) is 17.2 Å². The Morgan fingerprint density at radius 2 is 1.73 bits per heavy atom. The van der Waals surface area contributed by atoms with Crippen LogP contribution in [0.2, 0.25) is 5.02 Å². The van der Waals surface area contributed by atoms with Crippen LogP contribution in [0.15, 0.2) is 77.3 Å². The van der Waals surface area contributed by atoms with Crippen molar-refractivity contribution < 1.29 is 4.74 Å². The lowest BCUT2D eigenvalue weighted by molar-refractivity contribution is 0.415. The molecule has 0 heterocycles. The maximum atomic E-state index is 6.44. The van der Waals surface area contributed by atoms with Gasteiger partial charge in [0, 0.05) is 4.47 Å². The molecule has 0 bridgehead atoms. The quantitative estimate of drug-likeness (QED) is 0.436. The molecule has 0 saturated carbocycles. The van der Waals surface area contributed by atoms with E-state index in [1.54, 1.807) is 7.11 Å². The molecule has 0 amide bonds. The van der Waals surface area contributed by atoms with Crippen molar-refractivity contribution in [1.29, 1.82) is 0 Å². The van der Waals surface area contributed by atoms with E-state index >= 15 is 0 Å². The molecule has 1 aliphatic carbocycles. The van der Waals surface area contributed by atoms with Crippen molar-refractivity contribution >= 4 is 44.8 Å². The lowest BCUT2D eigenvalue weighted by Crippen LogP contribution is -1.87. The minimum Gasteiger partial charge on any atom is -0.497 e. The molecule has 26 heavy (non-hydrogen) atoms. The molecule has 1 nitrogen and oxygen atoms in total. The summed E-state index contributed by atoms with van der Waals surface area (Å²) in [7, 11) is 1.64. The molecule has 0 fully saturated rings. The zero-order valence-corrected chi connectivity index (χ0v) is 16.5. The predicted molar refractivity (Wildman–Crippen MR) is 114 cm³/mol. The molecule has 3 aromatic rings. The molecule has 0 aromatic heterocycles. The van der Waals surface area contributed by atoms with E-state index in [2.05, 4.69) is 70.5 Å². The fraction of sp³-hybridized carbons (Fsp3) is 0.0435. The smallest absolute Gasteiger partial charge is 0.120 e. The van der Waals surface area contributed by atoms with Gasteiger partial charge in [0.15, 0.2) is 0 Å². The summed E-state index contributed by atoms with van der Waals surface area (Å²) in [5.41, 5.74) is 6.98. The summed E-state index contributed by atoms with van der Waals surface area (Å²) >= 11 is 10.0. The fourth-order valence-corrected chi connectivity index (χ4v) is 3.78. The number of hydrogen-bond acceptors (Lipinski definition) is 1. The molecule has 3 heteroatoms. The third-order valence-electron chi connectivity index (χ3n) is 4.49. The van der Waals surface area contributed by atoms with Gasteiger partial charge in [0.25, 0.3) is 0 Å². The van der Waals surface area contributed by atoms with E-state index in [1.165, 1.54) is 22.3 Å². The van der Waals surface area contributed by atoms with Crippen LogP contribution in [-0.4, -0.2) is 7.11 Å². The number of fused-ring (bicyclic) bond motifs is 1. The van der Waals surface area contributed by atoms with Crippen molar-refractivity contribution in [2.75, 3.05) is 7.11 Å². The van der Waals surface area contributed by atoms with Crippen molar-refractivity contribution in [3.63, 3.8) is 0 Å². The highest BCUT2D eigenvalue weighted by atomic mass is 79.9. The largest absolute Gasteiger partial charge is 0.497 e. The van der Waals surface area contributed by atoms with Crippen molar-refractivity contribution in [3.05, 3.63) is 105 Å². The van der Waals surface area contributed by atoms with Crippen molar-refractivity contribution in [2.24, 2.45) is 0 Å². The maximum absolute atomic E-state index is 6.44. The zero-order valence-electron chi connectivity index (χ0n) is 14.2. The minimum absolute atomic E-state index is 0.676. The molecular formula is C23H16BrClO. The Bertz CT molecular complexity index is 1040. The Morgan fingerprint density at radius 1 is 0.923 bits per heavy atom. The Hall–Kier alpha value is -2.29. The first kappa shape index (κ1) is 17.1. The fourth-order valence-electron chi connectivity index (χ4n) is 3.20. The van der Waals surface area contributed by atoms with Gasteiger partial charge in [0.2, 0.25) is 0 Å². The van der Waals surface area contributed by atoms with Gasteiger partial charge in [0.05, 0.1) is 12.1 Å². The van der Waals surface area contributed by atoms with E-state index in [9.17, 15) is 0 Å². The molecule has 128 valence electrons. The standard InChI is InChI=1S/C23H16BrClO/c1-26-19-9-7-16(23(25)14-19)11-17-12-21(15-5-3-2-4-6-15)20-10-8-18(24)13-22(17)20/h2-14H,1H3/b17-11+. The van der Waals surface area contributed by atoms with Crippen LogP contribution in [0.1, 0.15) is 22.3 Å². The number of ether oxygens (including phenoxy) is 1. The van der Waals surface area contributed by atoms with E-state index in [1.807, 2.05) is 24.3 Å². The van der Waals surface area contributed by atoms with E-state index in [-0.39, 0.29) is 0 Å². The van der Waals surface area contributed by atoms with Gasteiger partial charge in [-0.25, -0.2) is 0 Å². The summed E-state index contributed by atoms with van der Waals surface area (Å²) in [6.45, 7) is 0. The summed E-state index contributed by atoms with van der Waals surface area (Å²) in [6, 6.07) is 22.6. The molecule has 0 unspecified atom stereocenters. The van der Waals surface area contributed by atoms with E-state index in [0.29, 0.717) is 5.02 Å². The second-order valence-electron chi connectivity index (χ2n) is 6.10. The highest BCUT2D eigenvalue weighted by Crippen LogP contribution is 2.41. The highest BCUT2D eigenvalue weighted by molar-refractivity contribution is 9.10. The first-order chi connectivity index (χ1) is 12.7. The molecule has 1 aliphatic rings. The van der Waals surface area contributed by atoms with Gasteiger partial charge in [-0.1, -0.05) is 63.9 Å². The van der Waals surface area contributed by atoms with E-state index < -0.39 is 0 Å². The number of allylic oxidation sites excluding steroid dienone is 2. The Labute approximate surface area is 166 Å². The number of benzene rings is 3. The lowest BCUT2D eigenvalue weighted by Gasteiger charge is -2.07. The average Bonchev–Trinajstić information content (AvgIpc) is 3.01. The van der Waals surface area contributed by atoms with Crippen LogP contribution < -0.4 is 4.74 Å². The molecule has 0 aliphatic heterocycles. The third kappa shape index (κ3) is 3.23. The van der Waals surface area contributed by atoms with E-state index in [0.717, 1.165) is 21.4 Å². The molecule has 3 aromatic carbocycles. The van der Waals surface area contributed by atoms with Gasteiger partial charge in [0.1, 0.15) is 5.75 Å². The average molecular weight is 424 g/mol. The highest BCUT2D eigenvalue weighted by Gasteiger charge is 2.20. The summed E-state index contributed by atoms with van der Waals surface area (Å²) in [4.78, 5) is 0. The number of hydrogen-bond donors (Lipinski definition) is 0. The van der Waals surface area contributed by atoms with Crippen molar-refractivity contribution in [2.45, 2.75) is 0 Å². The first-order valence-corrected chi connectivity index (χ1v) is 9.45. The molecule has 0 N–H and O–H groups in total. The van der Waals surface area contributed by atoms with Gasteiger partial charge in [-0.05, 0) is 75.9 Å². The van der Waals surface area contributed by atoms with Crippen molar-refractivity contribution in [1.82, 2.24) is 0 Å². The van der Waals surface area contributed by atoms with Gasteiger partial charge < -0.3 is 4.74 Å². The number of rotatable bonds is 3. The normalized spacial score (nSPS) is 14.3. The Balaban J connectivity index is 1.86. The molecule has 0 radical (unpaired) electrons. The molecule has 0 atom stereocenters. The van der Waals surface area contributed by atoms with Crippen LogP contribution in [0.3, 0.4) is 0 Å². The summed E-state index contributed by atoms with van der Waals surface area (Å²) in [6.07, 6.45) is 4.36. The predicted octanol–water partition coefficient (Wildman–Crippen LogP) is 7.10. The molecular weight excluding hydrogens is 408 g/mol. The van der Waals surface area contributed by atoms with Gasteiger partial charge >= 0.3 is 0 Å². The molecule has 0 spiro atoms. The summed E-state index contributed by atoms with van der Waals surface area (Å²) < 4.78 is 6.30. The molecule has 4 rings (SSSR count). The topological polar surface area (TPSA) is 9.23 Å². The Kier molecular flexibility index (Phi) is 4.71. The number of halogens is 2. The van der Waals surface area contributed by atoms with Gasteiger partial charge in [-0.2, -0.15) is 0 Å². The molecule has 0 saturated heterocycles. The third-order valence-corrected chi connectivity index (χ3v) is 5.31. The van der Waals surface area contributed by atoms with Crippen molar-refractivity contribution in [3.8, 4) is 5.75 Å². The first-order valence-electron chi connectivity index (χ1n) is 8.28. The summed E-state index contributed by atoms with van der Waals surface area (Å²) in [5, 5.41) is 0.676. The SMILES string of the molecule is COc1ccc(/C=C2\C=C(c3ccccc3)c3ccc(Br)cc32)c(Cl)c1. The summed E-state index contributed by atoms with van der Waals surface area (Å²) in [5.74, 6) is 0.757. The number of methoxy groups -OCH3 is 1. The van der Waals surface area contributed by atoms with Crippen LogP contribution in [0.4, 0.5) is 0 Å². The van der Waals surface area contributed by atoms with Crippen LogP contribution in [0.5, 0.6) is 5.75 Å². The van der Waals surface area contributed by atoms with Crippen LogP contribution in [0, 0.1) is 0 Å². The Morgan fingerprint density at radius 3 is 2.46 bits per heavy atom. The monoisotopic (exact) mass is 422 g/mol. The van der Waals surface area contributed by atoms with E-state index in [4.69, 9.17) is 16.3 Å². The van der Waals surface area contributed by atoms with Crippen LogP contribution in [-0.2, 0) is 0 Å². The second kappa shape index (κ2) is 7.14. The van der Waals surface area contributed by atoms with Gasteiger partial charge in [-0.15, -0.1) is 0 Å². The van der Waals surface area contributed by atoms with Gasteiger partial charge in [-0.3, -0.25) is 0 Å². The second-order valence-corrected chi connectivity index (χ2v) is 7.42. The zero-order chi connectivity index (χ0) is 18.1. The minimum atomic E-state index is 0.676. The lowest BCUT2D eigenvalue weighted by atomic mass is 9.99.